The lowest BCUT2D eigenvalue weighted by Crippen LogP contribution is -2.34. The van der Waals surface area contributed by atoms with Crippen LogP contribution in [0.15, 0.2) is 90.1 Å². The fourth-order valence-electron chi connectivity index (χ4n) is 3.14. The van der Waals surface area contributed by atoms with Gasteiger partial charge in [-0.1, -0.05) is 53.7 Å². The van der Waals surface area contributed by atoms with Gasteiger partial charge in [-0.15, -0.1) is 17.7 Å². The van der Waals surface area contributed by atoms with Crippen molar-refractivity contribution in [2.24, 2.45) is 0 Å². The highest BCUT2D eigenvalue weighted by molar-refractivity contribution is 7.80. The molecule has 4 aromatic rings. The molecule has 0 bridgehead atoms. The highest BCUT2D eigenvalue weighted by atomic mass is 32.1. The molecule has 7 heteroatoms. The van der Waals surface area contributed by atoms with E-state index in [1.807, 2.05) is 79.0 Å². The first-order valence-electron chi connectivity index (χ1n) is 9.62. The number of thiol groups is 1. The van der Waals surface area contributed by atoms with Gasteiger partial charge in [0.15, 0.2) is 0 Å². The van der Waals surface area contributed by atoms with Crippen molar-refractivity contribution in [2.75, 3.05) is 0 Å². The van der Waals surface area contributed by atoms with Crippen LogP contribution in [0.2, 0.25) is 0 Å². The number of pyridine rings is 1. The van der Waals surface area contributed by atoms with Gasteiger partial charge in [0.2, 0.25) is 5.91 Å². The third-order valence-corrected chi connectivity index (χ3v) is 5.04. The van der Waals surface area contributed by atoms with Gasteiger partial charge >= 0.3 is 0 Å². The van der Waals surface area contributed by atoms with Gasteiger partial charge in [0.1, 0.15) is 11.7 Å². The molecule has 0 saturated heterocycles. The molecule has 30 heavy (non-hydrogen) atoms. The lowest BCUT2D eigenvalue weighted by Gasteiger charge is -2.17. The average molecular weight is 416 g/mol. The Bertz CT molecular complexity index is 1100. The summed E-state index contributed by atoms with van der Waals surface area (Å²) >= 11 is 4.32. The van der Waals surface area contributed by atoms with E-state index in [9.17, 15) is 4.79 Å². The lowest BCUT2D eigenvalue weighted by atomic mass is 10.1. The standard InChI is InChI=1S/C23H21N5OS/c29-23(25-15-19-8-4-5-13-24-19)22(14-17-6-2-1-3-7-17)28-16-21(26-27-28)18-9-11-20(30)12-10-18/h1-13,16,22,30H,14-15H2,(H,25,29)/t22-/m0/s1. The Hall–Kier alpha value is -3.45. The topological polar surface area (TPSA) is 72.7 Å². The predicted molar refractivity (Wildman–Crippen MR) is 118 cm³/mol. The number of amides is 1. The van der Waals surface area contributed by atoms with Gasteiger partial charge in [-0.05, 0) is 29.8 Å². The third kappa shape index (κ3) is 4.93. The van der Waals surface area contributed by atoms with Crippen molar-refractivity contribution in [1.29, 1.82) is 0 Å². The second-order valence-electron chi connectivity index (χ2n) is 6.88. The summed E-state index contributed by atoms with van der Waals surface area (Å²) in [4.78, 5) is 18.2. The summed E-state index contributed by atoms with van der Waals surface area (Å²) in [6, 6.07) is 22.7. The van der Waals surface area contributed by atoms with Gasteiger partial charge in [0.05, 0.1) is 18.4 Å². The van der Waals surface area contributed by atoms with E-state index < -0.39 is 6.04 Å². The van der Waals surface area contributed by atoms with Gasteiger partial charge in [0, 0.05) is 23.1 Å². The number of nitrogens with zero attached hydrogens (tertiary/aromatic N) is 4. The molecule has 0 aliphatic rings. The van der Waals surface area contributed by atoms with Gasteiger partial charge in [-0.25, -0.2) is 4.68 Å². The Labute approximate surface area is 180 Å². The van der Waals surface area contributed by atoms with E-state index in [1.165, 1.54) is 0 Å². The van der Waals surface area contributed by atoms with Gasteiger partial charge in [-0.3, -0.25) is 9.78 Å². The smallest absolute Gasteiger partial charge is 0.245 e. The van der Waals surface area contributed by atoms with Crippen molar-refractivity contribution in [2.45, 2.75) is 23.9 Å². The van der Waals surface area contributed by atoms with Crippen LogP contribution < -0.4 is 5.32 Å². The van der Waals surface area contributed by atoms with Crippen LogP contribution in [0.25, 0.3) is 11.3 Å². The van der Waals surface area contributed by atoms with Crippen molar-refractivity contribution < 1.29 is 4.79 Å². The maximum atomic E-state index is 13.1. The number of hydrogen-bond donors (Lipinski definition) is 2. The Morgan fingerprint density at radius 3 is 2.50 bits per heavy atom. The minimum Gasteiger partial charge on any atom is -0.349 e. The molecule has 2 heterocycles. The van der Waals surface area contributed by atoms with Crippen molar-refractivity contribution in [1.82, 2.24) is 25.3 Å². The molecular formula is C23H21N5OS. The summed E-state index contributed by atoms with van der Waals surface area (Å²) < 4.78 is 1.63. The second kappa shape index (κ2) is 9.37. The van der Waals surface area contributed by atoms with Gasteiger partial charge in [-0.2, -0.15) is 0 Å². The number of rotatable bonds is 7. The molecule has 0 saturated carbocycles. The zero-order chi connectivity index (χ0) is 20.8. The Morgan fingerprint density at radius 1 is 1.00 bits per heavy atom. The van der Waals surface area contributed by atoms with E-state index >= 15 is 0 Å². The van der Waals surface area contributed by atoms with Crippen LogP contribution in [0.3, 0.4) is 0 Å². The van der Waals surface area contributed by atoms with Crippen LogP contribution in [0.1, 0.15) is 17.3 Å². The quantitative estimate of drug-likeness (QED) is 0.451. The summed E-state index contributed by atoms with van der Waals surface area (Å²) in [5.41, 5.74) is 3.48. The molecule has 1 amide bonds. The highest BCUT2D eigenvalue weighted by Crippen LogP contribution is 2.21. The van der Waals surface area contributed by atoms with E-state index in [0.717, 1.165) is 21.7 Å². The minimum absolute atomic E-state index is 0.133. The summed E-state index contributed by atoms with van der Waals surface area (Å²) in [5.74, 6) is -0.133. The maximum absolute atomic E-state index is 13.1. The molecule has 2 aromatic heterocycles. The van der Waals surface area contributed by atoms with E-state index in [-0.39, 0.29) is 5.91 Å². The van der Waals surface area contributed by atoms with Gasteiger partial charge < -0.3 is 5.32 Å². The number of benzene rings is 2. The Morgan fingerprint density at radius 2 is 1.77 bits per heavy atom. The number of aromatic nitrogens is 4. The van der Waals surface area contributed by atoms with Crippen LogP contribution in [-0.4, -0.2) is 25.9 Å². The molecule has 6 nitrogen and oxygen atoms in total. The number of nitrogens with one attached hydrogen (secondary N) is 1. The molecular weight excluding hydrogens is 394 g/mol. The summed E-state index contributed by atoms with van der Waals surface area (Å²) in [6.07, 6.45) is 4.03. The maximum Gasteiger partial charge on any atom is 0.245 e. The summed E-state index contributed by atoms with van der Waals surface area (Å²) in [5, 5.41) is 11.5. The van der Waals surface area contributed by atoms with Crippen LogP contribution in [-0.2, 0) is 17.8 Å². The molecule has 0 aliphatic heterocycles. The van der Waals surface area contributed by atoms with E-state index in [4.69, 9.17) is 0 Å². The lowest BCUT2D eigenvalue weighted by molar-refractivity contribution is -0.124. The number of hydrogen-bond acceptors (Lipinski definition) is 5. The third-order valence-electron chi connectivity index (χ3n) is 4.74. The summed E-state index contributed by atoms with van der Waals surface area (Å²) in [6.45, 7) is 0.357. The number of carbonyl (C=O) groups is 1. The Balaban J connectivity index is 1.57. The average Bonchev–Trinajstić information content (AvgIpc) is 3.27. The fourth-order valence-corrected chi connectivity index (χ4v) is 3.28. The zero-order valence-electron chi connectivity index (χ0n) is 16.2. The van der Waals surface area contributed by atoms with Crippen LogP contribution >= 0.6 is 12.6 Å². The zero-order valence-corrected chi connectivity index (χ0v) is 17.1. The normalized spacial score (nSPS) is 11.8. The van der Waals surface area contributed by atoms with Crippen LogP contribution in [0, 0.1) is 0 Å². The van der Waals surface area contributed by atoms with Crippen molar-refractivity contribution in [3.8, 4) is 11.3 Å². The molecule has 0 fully saturated rings. The molecule has 0 unspecified atom stereocenters. The predicted octanol–water partition coefficient (Wildman–Crippen LogP) is 3.73. The van der Waals surface area contributed by atoms with Crippen LogP contribution in [0.4, 0.5) is 0 Å². The molecule has 1 atom stereocenters. The molecule has 0 aliphatic carbocycles. The largest absolute Gasteiger partial charge is 0.349 e. The molecule has 2 aromatic carbocycles. The molecule has 0 spiro atoms. The molecule has 0 radical (unpaired) electrons. The molecule has 1 N–H and O–H groups in total. The van der Waals surface area contributed by atoms with E-state index in [2.05, 4.69) is 33.2 Å². The first-order valence-corrected chi connectivity index (χ1v) is 10.1. The minimum atomic E-state index is -0.526. The van der Waals surface area contributed by atoms with Crippen molar-refractivity contribution in [3.05, 3.63) is 96.4 Å². The van der Waals surface area contributed by atoms with Crippen molar-refractivity contribution in [3.63, 3.8) is 0 Å². The monoisotopic (exact) mass is 415 g/mol. The first-order chi connectivity index (χ1) is 14.7. The highest BCUT2D eigenvalue weighted by Gasteiger charge is 2.23. The first kappa shape index (κ1) is 19.8. The molecule has 150 valence electrons. The van der Waals surface area contributed by atoms with Crippen LogP contribution in [0.5, 0.6) is 0 Å². The number of carbonyl (C=O) groups excluding carboxylic acids is 1. The second-order valence-corrected chi connectivity index (χ2v) is 7.39. The Kier molecular flexibility index (Phi) is 6.20. The van der Waals surface area contributed by atoms with Gasteiger partial charge in [0.25, 0.3) is 0 Å². The van der Waals surface area contributed by atoms with Crippen molar-refractivity contribution >= 4 is 18.5 Å². The summed E-state index contributed by atoms with van der Waals surface area (Å²) in [7, 11) is 0. The van der Waals surface area contributed by atoms with E-state index in [1.54, 1.807) is 10.9 Å². The fraction of sp³-hybridized carbons (Fsp3) is 0.130. The SMILES string of the molecule is O=C(NCc1ccccn1)[C@H](Cc1ccccc1)n1cc(-c2ccc(S)cc2)nn1. The molecule has 4 rings (SSSR count). The van der Waals surface area contributed by atoms with E-state index in [0.29, 0.717) is 18.7 Å².